The van der Waals surface area contributed by atoms with Crippen LogP contribution in [-0.4, -0.2) is 28.1 Å². The van der Waals surface area contributed by atoms with E-state index in [0.717, 1.165) is 17.7 Å². The molecule has 0 radical (unpaired) electrons. The lowest BCUT2D eigenvalue weighted by Crippen LogP contribution is -2.48. The zero-order chi connectivity index (χ0) is 15.1. The van der Waals surface area contributed by atoms with Gasteiger partial charge in [-0.05, 0) is 37.1 Å². The number of carbonyl (C=O) groups is 1. The molecule has 2 rings (SSSR count). The normalized spacial score (nSPS) is 23.3. The summed E-state index contributed by atoms with van der Waals surface area (Å²) in [6.45, 7) is 4.16. The first kappa shape index (κ1) is 16.1. The monoisotopic (exact) mass is 307 g/mol. The summed E-state index contributed by atoms with van der Waals surface area (Å²) in [5, 5.41) is 6.73. The number of nitrogens with zero attached hydrogens (tertiary/aromatic N) is 1. The molecule has 1 aromatic heterocycles. The van der Waals surface area contributed by atoms with E-state index in [4.69, 9.17) is 0 Å². The minimum atomic E-state index is -0.0695. The Morgan fingerprint density at radius 3 is 3.00 bits per heavy atom. The lowest BCUT2D eigenvalue weighted by Gasteiger charge is -2.32. The van der Waals surface area contributed by atoms with E-state index in [1.54, 1.807) is 12.4 Å². The lowest BCUT2D eigenvalue weighted by atomic mass is 9.95. The van der Waals surface area contributed by atoms with Crippen molar-refractivity contribution in [2.45, 2.75) is 56.9 Å². The van der Waals surface area contributed by atoms with Crippen LogP contribution in [-0.2, 0) is 0 Å². The molecule has 0 aliphatic heterocycles. The molecule has 1 aromatic rings. The van der Waals surface area contributed by atoms with Gasteiger partial charge in [-0.2, -0.15) is 11.8 Å². The molecule has 0 bridgehead atoms. The van der Waals surface area contributed by atoms with Crippen molar-refractivity contribution in [2.75, 3.05) is 5.75 Å². The highest BCUT2D eigenvalue weighted by atomic mass is 32.2. The van der Waals surface area contributed by atoms with Gasteiger partial charge in [0.1, 0.15) is 0 Å². The summed E-state index contributed by atoms with van der Waals surface area (Å²) in [4.78, 5) is 16.3. The van der Waals surface area contributed by atoms with E-state index in [2.05, 4.69) is 22.5 Å². The lowest BCUT2D eigenvalue weighted by molar-refractivity contribution is 0.230. The molecule has 21 heavy (non-hydrogen) atoms. The van der Waals surface area contributed by atoms with E-state index in [1.165, 1.54) is 19.3 Å². The average Bonchev–Trinajstić information content (AvgIpc) is 2.50. The van der Waals surface area contributed by atoms with Gasteiger partial charge >= 0.3 is 6.03 Å². The van der Waals surface area contributed by atoms with Crippen LogP contribution in [0.3, 0.4) is 0 Å². The first-order valence-corrected chi connectivity index (χ1v) is 8.84. The van der Waals surface area contributed by atoms with E-state index in [0.29, 0.717) is 11.3 Å². The third-order valence-corrected chi connectivity index (χ3v) is 5.26. The summed E-state index contributed by atoms with van der Waals surface area (Å²) >= 11 is 1.97. The van der Waals surface area contributed by atoms with Crippen LogP contribution >= 0.6 is 11.8 Å². The van der Waals surface area contributed by atoms with E-state index in [-0.39, 0.29) is 12.1 Å². The maximum absolute atomic E-state index is 12.2. The predicted octanol–water partition coefficient (Wildman–Crippen LogP) is 3.51. The molecule has 5 heteroatoms. The van der Waals surface area contributed by atoms with Crippen molar-refractivity contribution in [2.24, 2.45) is 0 Å². The second-order valence-electron chi connectivity index (χ2n) is 5.51. The zero-order valence-corrected chi connectivity index (χ0v) is 13.7. The number of urea groups is 1. The van der Waals surface area contributed by atoms with Gasteiger partial charge in [0.2, 0.25) is 0 Å². The predicted molar refractivity (Wildman–Crippen MR) is 88.5 cm³/mol. The number of nitrogens with one attached hydrogen (secondary N) is 2. The van der Waals surface area contributed by atoms with Crippen molar-refractivity contribution >= 4 is 17.8 Å². The van der Waals surface area contributed by atoms with Crippen molar-refractivity contribution < 1.29 is 4.79 Å². The van der Waals surface area contributed by atoms with E-state index in [9.17, 15) is 4.79 Å². The number of hydrogen-bond donors (Lipinski definition) is 2. The molecule has 0 spiro atoms. The first-order valence-electron chi connectivity index (χ1n) is 7.79. The fourth-order valence-corrected chi connectivity index (χ4v) is 4.00. The van der Waals surface area contributed by atoms with Gasteiger partial charge in [-0.25, -0.2) is 4.79 Å². The molecule has 116 valence electrons. The molecule has 1 fully saturated rings. The summed E-state index contributed by atoms with van der Waals surface area (Å²) in [5.41, 5.74) is 1.02. The summed E-state index contributed by atoms with van der Waals surface area (Å²) in [5.74, 6) is 1.11. The molecule has 1 saturated carbocycles. The van der Waals surface area contributed by atoms with Gasteiger partial charge in [0.25, 0.3) is 0 Å². The summed E-state index contributed by atoms with van der Waals surface area (Å²) in [6, 6.07) is 4.07. The molecule has 1 aliphatic rings. The van der Waals surface area contributed by atoms with Crippen LogP contribution in [0.25, 0.3) is 0 Å². The van der Waals surface area contributed by atoms with Crippen molar-refractivity contribution in [1.82, 2.24) is 15.6 Å². The smallest absolute Gasteiger partial charge is 0.315 e. The van der Waals surface area contributed by atoms with Crippen LogP contribution < -0.4 is 10.6 Å². The Bertz CT molecular complexity index is 438. The van der Waals surface area contributed by atoms with Crippen LogP contribution in [0.4, 0.5) is 4.79 Å². The van der Waals surface area contributed by atoms with Crippen LogP contribution in [0, 0.1) is 0 Å². The Morgan fingerprint density at radius 1 is 1.48 bits per heavy atom. The maximum atomic E-state index is 12.2. The van der Waals surface area contributed by atoms with Crippen molar-refractivity contribution in [3.05, 3.63) is 30.1 Å². The molecule has 0 aromatic carbocycles. The van der Waals surface area contributed by atoms with Gasteiger partial charge in [-0.3, -0.25) is 4.98 Å². The van der Waals surface area contributed by atoms with Gasteiger partial charge in [-0.15, -0.1) is 0 Å². The van der Waals surface area contributed by atoms with Gasteiger partial charge in [0, 0.05) is 23.7 Å². The molecular formula is C16H25N3OS. The van der Waals surface area contributed by atoms with Crippen LogP contribution in [0.2, 0.25) is 0 Å². The van der Waals surface area contributed by atoms with Crippen molar-refractivity contribution in [3.63, 3.8) is 0 Å². The Morgan fingerprint density at radius 2 is 2.29 bits per heavy atom. The fourth-order valence-electron chi connectivity index (χ4n) is 2.80. The van der Waals surface area contributed by atoms with Crippen molar-refractivity contribution in [1.29, 1.82) is 0 Å². The molecule has 0 unspecified atom stereocenters. The van der Waals surface area contributed by atoms with Crippen molar-refractivity contribution in [3.8, 4) is 0 Å². The quantitative estimate of drug-likeness (QED) is 0.875. The number of hydrogen-bond acceptors (Lipinski definition) is 3. The summed E-state index contributed by atoms with van der Waals surface area (Å²) in [6.07, 6.45) is 8.33. The Balaban J connectivity index is 1.85. The topological polar surface area (TPSA) is 54.0 Å². The highest BCUT2D eigenvalue weighted by Gasteiger charge is 2.26. The highest BCUT2D eigenvalue weighted by Crippen LogP contribution is 2.28. The molecule has 1 aliphatic carbocycles. The van der Waals surface area contributed by atoms with Crippen LogP contribution in [0.15, 0.2) is 24.5 Å². The van der Waals surface area contributed by atoms with Crippen LogP contribution in [0.5, 0.6) is 0 Å². The molecule has 3 atom stereocenters. The number of aromatic nitrogens is 1. The van der Waals surface area contributed by atoms with Gasteiger partial charge in [0.15, 0.2) is 0 Å². The van der Waals surface area contributed by atoms with E-state index in [1.807, 2.05) is 30.8 Å². The minimum Gasteiger partial charge on any atom is -0.334 e. The molecule has 0 saturated heterocycles. The second kappa shape index (κ2) is 8.27. The number of thioether (sulfide) groups is 1. The summed E-state index contributed by atoms with van der Waals surface area (Å²) in [7, 11) is 0. The number of pyridine rings is 1. The Labute approximate surface area is 131 Å². The molecule has 2 N–H and O–H groups in total. The number of carbonyl (C=O) groups excluding carboxylic acids is 1. The first-order chi connectivity index (χ1) is 10.2. The largest absolute Gasteiger partial charge is 0.334 e. The third kappa shape index (κ3) is 4.92. The SMILES string of the molecule is CCS[C@@H]1CCCC[C@@H]1NC(=O)N[C@@H](C)c1cccnc1. The minimum absolute atomic E-state index is 0.0282. The van der Waals surface area contributed by atoms with E-state index >= 15 is 0 Å². The molecule has 1 heterocycles. The Hall–Kier alpha value is -1.23. The Kier molecular flexibility index (Phi) is 6.36. The molecular weight excluding hydrogens is 282 g/mol. The third-order valence-electron chi connectivity index (χ3n) is 3.93. The van der Waals surface area contributed by atoms with Crippen LogP contribution in [0.1, 0.15) is 51.1 Å². The average molecular weight is 307 g/mol. The number of rotatable bonds is 5. The van der Waals surface area contributed by atoms with Gasteiger partial charge in [0.05, 0.1) is 6.04 Å². The number of amides is 2. The van der Waals surface area contributed by atoms with Gasteiger partial charge in [-0.1, -0.05) is 25.8 Å². The fraction of sp³-hybridized carbons (Fsp3) is 0.625. The molecule has 2 amide bonds. The standard InChI is InChI=1S/C16H25N3OS/c1-3-21-15-9-5-4-8-14(15)19-16(20)18-12(2)13-7-6-10-17-11-13/h6-7,10-12,14-15H,3-5,8-9H2,1-2H3,(H2,18,19,20)/t12-,14-,15+/m0/s1. The summed E-state index contributed by atoms with van der Waals surface area (Å²) < 4.78 is 0. The second-order valence-corrected chi connectivity index (χ2v) is 7.03. The molecule has 4 nitrogen and oxygen atoms in total. The van der Waals surface area contributed by atoms with E-state index < -0.39 is 0 Å². The zero-order valence-electron chi connectivity index (χ0n) is 12.8. The maximum Gasteiger partial charge on any atom is 0.315 e. The van der Waals surface area contributed by atoms with Gasteiger partial charge < -0.3 is 10.6 Å². The highest BCUT2D eigenvalue weighted by molar-refractivity contribution is 7.99.